The molecule has 0 unspecified atom stereocenters. The van der Waals surface area contributed by atoms with Crippen LogP contribution in [-0.4, -0.2) is 43.4 Å². The highest BCUT2D eigenvalue weighted by molar-refractivity contribution is 6.31. The van der Waals surface area contributed by atoms with E-state index in [1.807, 2.05) is 6.92 Å². The topological polar surface area (TPSA) is 61.4 Å². The minimum absolute atomic E-state index is 0.104. The third-order valence-corrected chi connectivity index (χ3v) is 3.82. The number of nitrogens with zero attached hydrogens (tertiary/aromatic N) is 1. The van der Waals surface area contributed by atoms with E-state index in [-0.39, 0.29) is 11.8 Å². The molecule has 0 atom stereocenters. The number of anilines is 1. The van der Waals surface area contributed by atoms with Crippen LogP contribution in [-0.2, 0) is 4.79 Å². The maximum absolute atomic E-state index is 12.2. The van der Waals surface area contributed by atoms with Gasteiger partial charge in [-0.2, -0.15) is 0 Å². The molecule has 0 bridgehead atoms. The lowest BCUT2D eigenvalue weighted by atomic mass is 10.1. The van der Waals surface area contributed by atoms with E-state index < -0.39 is 0 Å². The van der Waals surface area contributed by atoms with Crippen molar-refractivity contribution in [2.75, 3.05) is 32.0 Å². The number of benzene rings is 1. The maximum Gasteiger partial charge on any atom is 0.253 e. The van der Waals surface area contributed by atoms with Crippen LogP contribution in [0.3, 0.4) is 0 Å². The maximum atomic E-state index is 12.2. The SMILES string of the molecule is CNC(=O)c1cc(Cl)cc(C)c1NC(=O)CN1CCCC1. The summed E-state index contributed by atoms with van der Waals surface area (Å²) in [7, 11) is 1.55. The first kappa shape index (κ1) is 15.8. The Morgan fingerprint density at radius 3 is 2.57 bits per heavy atom. The third kappa shape index (κ3) is 3.95. The molecule has 1 aliphatic rings. The Hall–Kier alpha value is -1.59. The Kier molecular flexibility index (Phi) is 5.20. The van der Waals surface area contributed by atoms with Crippen molar-refractivity contribution < 1.29 is 9.59 Å². The molecule has 2 N–H and O–H groups in total. The van der Waals surface area contributed by atoms with E-state index in [1.165, 1.54) is 0 Å². The summed E-state index contributed by atoms with van der Waals surface area (Å²) in [5.74, 6) is -0.371. The van der Waals surface area contributed by atoms with E-state index in [0.717, 1.165) is 31.5 Å². The molecule has 2 rings (SSSR count). The van der Waals surface area contributed by atoms with Gasteiger partial charge in [-0.25, -0.2) is 0 Å². The van der Waals surface area contributed by atoms with Crippen LogP contribution in [0.15, 0.2) is 12.1 Å². The molecule has 1 fully saturated rings. The zero-order valence-electron chi connectivity index (χ0n) is 12.3. The molecule has 1 aromatic carbocycles. The Morgan fingerprint density at radius 1 is 1.29 bits per heavy atom. The molecule has 114 valence electrons. The van der Waals surface area contributed by atoms with Crippen LogP contribution >= 0.6 is 11.6 Å². The second-order valence-electron chi connectivity index (χ2n) is 5.26. The summed E-state index contributed by atoms with van der Waals surface area (Å²) in [5, 5.41) is 5.89. The first-order chi connectivity index (χ1) is 10.0. The number of hydrogen-bond acceptors (Lipinski definition) is 3. The van der Waals surface area contributed by atoms with Crippen molar-refractivity contribution in [3.8, 4) is 0 Å². The zero-order chi connectivity index (χ0) is 15.4. The van der Waals surface area contributed by atoms with Gasteiger partial charge in [-0.1, -0.05) is 11.6 Å². The number of aryl methyl sites for hydroxylation is 1. The number of likely N-dealkylation sites (tertiary alicyclic amines) is 1. The Bertz CT molecular complexity index is 554. The Labute approximate surface area is 129 Å². The van der Waals surface area contributed by atoms with Crippen LogP contribution in [0.25, 0.3) is 0 Å². The standard InChI is InChI=1S/C15H20ClN3O2/c1-10-7-11(16)8-12(15(21)17-2)14(10)18-13(20)9-19-5-3-4-6-19/h7-8H,3-6,9H2,1-2H3,(H,17,21)(H,18,20). The fraction of sp³-hybridized carbons (Fsp3) is 0.467. The number of rotatable bonds is 4. The first-order valence-corrected chi connectivity index (χ1v) is 7.43. The van der Waals surface area contributed by atoms with E-state index >= 15 is 0 Å². The summed E-state index contributed by atoms with van der Waals surface area (Å²) in [6.07, 6.45) is 2.27. The monoisotopic (exact) mass is 309 g/mol. The van der Waals surface area contributed by atoms with Crippen LogP contribution in [0, 0.1) is 6.92 Å². The first-order valence-electron chi connectivity index (χ1n) is 7.05. The minimum Gasteiger partial charge on any atom is -0.355 e. The largest absolute Gasteiger partial charge is 0.355 e. The lowest BCUT2D eigenvalue weighted by Crippen LogP contribution is -2.32. The highest BCUT2D eigenvalue weighted by Gasteiger charge is 2.19. The van der Waals surface area contributed by atoms with Gasteiger partial charge in [0.25, 0.3) is 5.91 Å². The highest BCUT2D eigenvalue weighted by Crippen LogP contribution is 2.25. The van der Waals surface area contributed by atoms with Gasteiger partial charge in [-0.05, 0) is 50.6 Å². The van der Waals surface area contributed by atoms with Crippen LogP contribution in [0.2, 0.25) is 5.02 Å². The van der Waals surface area contributed by atoms with Crippen LogP contribution < -0.4 is 10.6 Å². The normalized spacial score (nSPS) is 15.0. The van der Waals surface area contributed by atoms with Crippen LogP contribution in [0.1, 0.15) is 28.8 Å². The molecule has 5 nitrogen and oxygen atoms in total. The van der Waals surface area contributed by atoms with E-state index in [9.17, 15) is 9.59 Å². The van der Waals surface area contributed by atoms with Crippen molar-refractivity contribution in [1.82, 2.24) is 10.2 Å². The number of hydrogen-bond donors (Lipinski definition) is 2. The lowest BCUT2D eigenvalue weighted by Gasteiger charge is -2.17. The molecular weight excluding hydrogens is 290 g/mol. The van der Waals surface area contributed by atoms with Gasteiger partial charge >= 0.3 is 0 Å². The van der Waals surface area contributed by atoms with Gasteiger partial charge in [0.2, 0.25) is 5.91 Å². The Morgan fingerprint density at radius 2 is 1.95 bits per heavy atom. The van der Waals surface area contributed by atoms with Gasteiger partial charge in [0.15, 0.2) is 0 Å². The quantitative estimate of drug-likeness (QED) is 0.895. The van der Waals surface area contributed by atoms with Gasteiger partial charge in [-0.3, -0.25) is 14.5 Å². The van der Waals surface area contributed by atoms with Crippen LogP contribution in [0.4, 0.5) is 5.69 Å². The molecule has 6 heteroatoms. The van der Waals surface area contributed by atoms with Gasteiger partial charge in [0, 0.05) is 12.1 Å². The molecule has 1 aliphatic heterocycles. The van der Waals surface area contributed by atoms with Crippen molar-refractivity contribution in [3.63, 3.8) is 0 Å². The molecule has 0 saturated carbocycles. The van der Waals surface area contributed by atoms with E-state index in [2.05, 4.69) is 15.5 Å². The number of halogens is 1. The predicted octanol–water partition coefficient (Wildman–Crippen LogP) is 2.04. The zero-order valence-corrected chi connectivity index (χ0v) is 13.1. The predicted molar refractivity (Wildman–Crippen MR) is 83.9 cm³/mol. The van der Waals surface area contributed by atoms with Gasteiger partial charge in [0.05, 0.1) is 17.8 Å². The van der Waals surface area contributed by atoms with E-state index in [4.69, 9.17) is 11.6 Å². The number of amides is 2. The summed E-state index contributed by atoms with van der Waals surface area (Å²) in [4.78, 5) is 26.2. The summed E-state index contributed by atoms with van der Waals surface area (Å²) in [5.41, 5.74) is 1.69. The smallest absolute Gasteiger partial charge is 0.253 e. The minimum atomic E-state index is -0.267. The molecule has 1 heterocycles. The molecule has 0 spiro atoms. The van der Waals surface area contributed by atoms with E-state index in [1.54, 1.807) is 19.2 Å². The molecule has 21 heavy (non-hydrogen) atoms. The van der Waals surface area contributed by atoms with Crippen molar-refractivity contribution in [3.05, 3.63) is 28.3 Å². The van der Waals surface area contributed by atoms with Gasteiger partial charge in [0.1, 0.15) is 0 Å². The molecule has 2 amide bonds. The second-order valence-corrected chi connectivity index (χ2v) is 5.69. The summed E-state index contributed by atoms with van der Waals surface area (Å²) in [6, 6.07) is 3.30. The number of carbonyl (C=O) groups excluding carboxylic acids is 2. The summed E-state index contributed by atoms with van der Waals surface area (Å²) >= 11 is 6.00. The third-order valence-electron chi connectivity index (χ3n) is 3.60. The fourth-order valence-electron chi connectivity index (χ4n) is 2.55. The summed E-state index contributed by atoms with van der Waals surface area (Å²) in [6.45, 7) is 4.09. The molecular formula is C15H20ClN3O2. The molecule has 0 radical (unpaired) electrons. The molecule has 1 saturated heterocycles. The average molecular weight is 310 g/mol. The fourth-order valence-corrected chi connectivity index (χ4v) is 2.82. The van der Waals surface area contributed by atoms with Crippen molar-refractivity contribution in [2.24, 2.45) is 0 Å². The summed E-state index contributed by atoms with van der Waals surface area (Å²) < 4.78 is 0. The average Bonchev–Trinajstić information content (AvgIpc) is 2.93. The number of carbonyl (C=O) groups is 2. The number of nitrogens with one attached hydrogen (secondary N) is 2. The second kappa shape index (κ2) is 6.91. The Balaban J connectivity index is 2.17. The van der Waals surface area contributed by atoms with Crippen molar-refractivity contribution >= 4 is 29.1 Å². The lowest BCUT2D eigenvalue weighted by molar-refractivity contribution is -0.117. The molecule has 1 aromatic rings. The highest BCUT2D eigenvalue weighted by atomic mass is 35.5. The van der Waals surface area contributed by atoms with Crippen molar-refractivity contribution in [1.29, 1.82) is 0 Å². The van der Waals surface area contributed by atoms with Gasteiger partial charge < -0.3 is 10.6 Å². The van der Waals surface area contributed by atoms with Gasteiger partial charge in [-0.15, -0.1) is 0 Å². The van der Waals surface area contributed by atoms with Crippen LogP contribution in [0.5, 0.6) is 0 Å². The van der Waals surface area contributed by atoms with Crippen molar-refractivity contribution in [2.45, 2.75) is 19.8 Å². The molecule has 0 aliphatic carbocycles. The molecule has 0 aromatic heterocycles. The van der Waals surface area contributed by atoms with E-state index in [0.29, 0.717) is 22.8 Å².